The molecule has 0 heterocycles. The molecule has 0 aromatic heterocycles. The number of hydrogen-bond donors (Lipinski definition) is 2. The summed E-state index contributed by atoms with van der Waals surface area (Å²) < 4.78 is 0. The third-order valence-electron chi connectivity index (χ3n) is 3.28. The van der Waals surface area contributed by atoms with E-state index in [1.165, 1.54) is 0 Å². The summed E-state index contributed by atoms with van der Waals surface area (Å²) in [5.41, 5.74) is 0.726. The fraction of sp³-hybridized carbons (Fsp3) is 0.600. The van der Waals surface area contributed by atoms with Crippen LogP contribution >= 0.6 is 23.2 Å². The van der Waals surface area contributed by atoms with Crippen molar-refractivity contribution < 1.29 is 5.11 Å². The Hall–Kier alpha value is -0.480. The molecule has 3 nitrogen and oxygen atoms in total. The minimum absolute atomic E-state index is 0.105. The quantitative estimate of drug-likeness (QED) is 0.803. The Morgan fingerprint density at radius 3 is 2.45 bits per heavy atom. The fourth-order valence-corrected chi connectivity index (χ4v) is 2.68. The summed E-state index contributed by atoms with van der Waals surface area (Å²) in [6, 6.07) is 3.75. The highest BCUT2D eigenvalue weighted by Gasteiger charge is 2.14. The summed E-state index contributed by atoms with van der Waals surface area (Å²) >= 11 is 11.9. The molecular weight excluding hydrogens is 295 g/mol. The topological polar surface area (TPSA) is 35.5 Å². The number of rotatable bonds is 7. The molecule has 1 atom stereocenters. The van der Waals surface area contributed by atoms with E-state index in [1.54, 1.807) is 12.1 Å². The van der Waals surface area contributed by atoms with Crippen LogP contribution in [-0.2, 0) is 6.54 Å². The molecule has 1 rings (SSSR count). The van der Waals surface area contributed by atoms with Gasteiger partial charge in [0.25, 0.3) is 0 Å². The summed E-state index contributed by atoms with van der Waals surface area (Å²) in [7, 11) is 4.17. The van der Waals surface area contributed by atoms with Crippen molar-refractivity contribution >= 4 is 23.2 Å². The number of likely N-dealkylation sites (N-methyl/N-ethyl adjacent to an activating group) is 1. The third-order valence-corrected chi connectivity index (χ3v) is 3.78. The summed E-state index contributed by atoms with van der Waals surface area (Å²) in [6.45, 7) is 5.85. The predicted molar refractivity (Wildman–Crippen MR) is 86.8 cm³/mol. The Morgan fingerprint density at radius 2 is 1.90 bits per heavy atom. The van der Waals surface area contributed by atoms with Crippen LogP contribution in [0.4, 0.5) is 0 Å². The van der Waals surface area contributed by atoms with Crippen LogP contribution < -0.4 is 5.32 Å². The van der Waals surface area contributed by atoms with Gasteiger partial charge in [-0.3, -0.25) is 0 Å². The van der Waals surface area contributed by atoms with Gasteiger partial charge < -0.3 is 15.3 Å². The lowest BCUT2D eigenvalue weighted by atomic mass is 10.0. The monoisotopic (exact) mass is 318 g/mol. The first-order valence-corrected chi connectivity index (χ1v) is 7.60. The lowest BCUT2D eigenvalue weighted by molar-refractivity contribution is 0.246. The molecule has 2 N–H and O–H groups in total. The predicted octanol–water partition coefficient (Wildman–Crippen LogP) is 3.76. The zero-order valence-electron chi connectivity index (χ0n) is 12.6. The van der Waals surface area contributed by atoms with Gasteiger partial charge >= 0.3 is 0 Å². The lowest BCUT2D eigenvalue weighted by Crippen LogP contribution is -2.38. The number of hydrogen-bond acceptors (Lipinski definition) is 3. The van der Waals surface area contributed by atoms with Crippen molar-refractivity contribution in [3.05, 3.63) is 27.7 Å². The average Bonchev–Trinajstić information content (AvgIpc) is 2.33. The lowest BCUT2D eigenvalue weighted by Gasteiger charge is -2.26. The Balaban J connectivity index is 2.59. The second kappa shape index (κ2) is 8.08. The standard InChI is InChI=1S/C15H24Cl2N2O/c1-10(2)5-13(19(3)4)9-18-8-11-6-12(16)7-14(17)15(11)20/h6-7,10,13,18,20H,5,8-9H2,1-4H3. The van der Waals surface area contributed by atoms with Crippen LogP contribution in [0.25, 0.3) is 0 Å². The first-order chi connectivity index (χ1) is 9.31. The molecule has 0 bridgehead atoms. The number of phenolic OH excluding ortho intramolecular Hbond substituents is 1. The van der Waals surface area contributed by atoms with E-state index in [0.29, 0.717) is 28.5 Å². The van der Waals surface area contributed by atoms with Gasteiger partial charge in [-0.05, 0) is 38.6 Å². The molecule has 0 spiro atoms. The van der Waals surface area contributed by atoms with Crippen molar-refractivity contribution in [3.63, 3.8) is 0 Å². The van der Waals surface area contributed by atoms with E-state index < -0.39 is 0 Å². The van der Waals surface area contributed by atoms with E-state index in [1.807, 2.05) is 0 Å². The molecular formula is C15H24Cl2N2O. The van der Waals surface area contributed by atoms with Gasteiger partial charge in [0.1, 0.15) is 5.75 Å². The van der Waals surface area contributed by atoms with Gasteiger partial charge in [0.2, 0.25) is 0 Å². The second-order valence-electron chi connectivity index (χ2n) is 5.77. The van der Waals surface area contributed by atoms with E-state index in [0.717, 1.165) is 18.5 Å². The number of benzene rings is 1. The molecule has 0 saturated carbocycles. The highest BCUT2D eigenvalue weighted by atomic mass is 35.5. The normalized spacial score (nSPS) is 13.2. The van der Waals surface area contributed by atoms with Crippen LogP contribution in [0.15, 0.2) is 12.1 Å². The third kappa shape index (κ3) is 5.49. The number of nitrogens with one attached hydrogen (secondary N) is 1. The largest absolute Gasteiger partial charge is 0.506 e. The van der Waals surface area contributed by atoms with Crippen LogP contribution in [0.5, 0.6) is 5.75 Å². The highest BCUT2D eigenvalue weighted by Crippen LogP contribution is 2.30. The second-order valence-corrected chi connectivity index (χ2v) is 6.62. The summed E-state index contributed by atoms with van der Waals surface area (Å²) in [5.74, 6) is 0.757. The van der Waals surface area contributed by atoms with Crippen molar-refractivity contribution in [2.75, 3.05) is 20.6 Å². The van der Waals surface area contributed by atoms with E-state index >= 15 is 0 Å². The van der Waals surface area contributed by atoms with Gasteiger partial charge in [-0.1, -0.05) is 37.0 Å². The van der Waals surface area contributed by atoms with Gasteiger partial charge in [0.15, 0.2) is 0 Å². The summed E-state index contributed by atoms with van der Waals surface area (Å²) in [6.07, 6.45) is 1.13. The average molecular weight is 319 g/mol. The number of nitrogens with zero attached hydrogens (tertiary/aromatic N) is 1. The molecule has 0 aliphatic rings. The van der Waals surface area contributed by atoms with Crippen LogP contribution in [0.3, 0.4) is 0 Å². The molecule has 1 aromatic rings. The van der Waals surface area contributed by atoms with Crippen molar-refractivity contribution in [2.45, 2.75) is 32.9 Å². The molecule has 20 heavy (non-hydrogen) atoms. The molecule has 0 saturated heterocycles. The zero-order valence-corrected chi connectivity index (χ0v) is 14.1. The molecule has 0 amide bonds. The molecule has 0 aliphatic carbocycles. The maximum absolute atomic E-state index is 9.90. The van der Waals surface area contributed by atoms with Crippen LogP contribution in [0, 0.1) is 5.92 Å². The molecule has 1 aromatic carbocycles. The number of aromatic hydroxyl groups is 1. The first-order valence-electron chi connectivity index (χ1n) is 6.85. The van der Waals surface area contributed by atoms with Gasteiger partial charge in [-0.15, -0.1) is 0 Å². The van der Waals surface area contributed by atoms with E-state index in [4.69, 9.17) is 23.2 Å². The Labute approximate surface area is 131 Å². The van der Waals surface area contributed by atoms with Crippen molar-refractivity contribution in [2.24, 2.45) is 5.92 Å². The fourth-order valence-electron chi connectivity index (χ4n) is 2.15. The Kier molecular flexibility index (Phi) is 7.10. The van der Waals surface area contributed by atoms with Crippen LogP contribution in [0.1, 0.15) is 25.8 Å². The van der Waals surface area contributed by atoms with Crippen molar-refractivity contribution in [3.8, 4) is 5.75 Å². The minimum Gasteiger partial charge on any atom is -0.506 e. The summed E-state index contributed by atoms with van der Waals surface area (Å²) in [4.78, 5) is 2.22. The van der Waals surface area contributed by atoms with Gasteiger partial charge in [-0.2, -0.15) is 0 Å². The smallest absolute Gasteiger partial charge is 0.138 e. The van der Waals surface area contributed by atoms with Gasteiger partial charge in [-0.25, -0.2) is 0 Å². The molecule has 0 radical (unpaired) electrons. The van der Waals surface area contributed by atoms with E-state index in [-0.39, 0.29) is 5.75 Å². The molecule has 1 unspecified atom stereocenters. The first kappa shape index (κ1) is 17.6. The number of phenols is 1. The molecule has 114 valence electrons. The minimum atomic E-state index is 0.105. The summed E-state index contributed by atoms with van der Waals surface area (Å²) in [5, 5.41) is 14.1. The molecule has 5 heteroatoms. The number of halogens is 2. The van der Waals surface area contributed by atoms with E-state index in [9.17, 15) is 5.11 Å². The van der Waals surface area contributed by atoms with Crippen LogP contribution in [-0.4, -0.2) is 36.7 Å². The zero-order chi connectivity index (χ0) is 15.3. The Bertz CT molecular complexity index is 436. The van der Waals surface area contributed by atoms with Gasteiger partial charge in [0.05, 0.1) is 5.02 Å². The Morgan fingerprint density at radius 1 is 1.25 bits per heavy atom. The van der Waals surface area contributed by atoms with Gasteiger partial charge in [0, 0.05) is 29.7 Å². The van der Waals surface area contributed by atoms with E-state index in [2.05, 4.69) is 38.2 Å². The maximum Gasteiger partial charge on any atom is 0.138 e. The molecule has 0 aliphatic heterocycles. The van der Waals surface area contributed by atoms with Crippen molar-refractivity contribution in [1.29, 1.82) is 0 Å². The highest BCUT2D eigenvalue weighted by molar-refractivity contribution is 6.35. The SMILES string of the molecule is CC(C)CC(CNCc1cc(Cl)cc(Cl)c1O)N(C)C. The van der Waals surface area contributed by atoms with Crippen molar-refractivity contribution in [1.82, 2.24) is 10.2 Å². The maximum atomic E-state index is 9.90. The molecule has 0 fully saturated rings. The van der Waals surface area contributed by atoms with Crippen LogP contribution in [0.2, 0.25) is 10.0 Å².